The lowest BCUT2D eigenvalue weighted by Crippen LogP contribution is -2.43. The van der Waals surface area contributed by atoms with E-state index in [1.165, 1.54) is 6.92 Å². The summed E-state index contributed by atoms with van der Waals surface area (Å²) in [6.07, 6.45) is 1.69. The normalized spacial score (nSPS) is 18.1. The number of thiazole rings is 1. The SMILES string of the molecule is CC(=O)Nc1ccc(-c2nc(N3CCOCC3)c3sc(CN4CCN(C)CC4)nc3n2)cn1. The van der Waals surface area contributed by atoms with Gasteiger partial charge < -0.3 is 19.9 Å². The van der Waals surface area contributed by atoms with E-state index in [0.29, 0.717) is 24.9 Å². The first kappa shape index (κ1) is 22.1. The summed E-state index contributed by atoms with van der Waals surface area (Å²) in [6, 6.07) is 3.64. The van der Waals surface area contributed by atoms with Crippen LogP contribution in [0.3, 0.4) is 0 Å². The van der Waals surface area contributed by atoms with E-state index < -0.39 is 0 Å². The molecule has 5 rings (SSSR count). The van der Waals surface area contributed by atoms with Gasteiger partial charge in [0, 0.05) is 58.0 Å². The molecule has 1 amide bonds. The van der Waals surface area contributed by atoms with Crippen molar-refractivity contribution in [2.75, 3.05) is 69.7 Å². The van der Waals surface area contributed by atoms with Gasteiger partial charge in [-0.05, 0) is 19.2 Å². The molecule has 174 valence electrons. The van der Waals surface area contributed by atoms with Crippen LogP contribution < -0.4 is 10.2 Å². The number of hydrogen-bond donors (Lipinski definition) is 1. The second kappa shape index (κ2) is 9.64. The maximum absolute atomic E-state index is 11.3. The summed E-state index contributed by atoms with van der Waals surface area (Å²) >= 11 is 1.69. The first-order chi connectivity index (χ1) is 16.0. The van der Waals surface area contributed by atoms with E-state index in [9.17, 15) is 4.79 Å². The van der Waals surface area contributed by atoms with E-state index in [-0.39, 0.29) is 5.91 Å². The number of carbonyl (C=O) groups is 1. The molecule has 2 fully saturated rings. The molecular formula is C22H28N8O2S. The van der Waals surface area contributed by atoms with Crippen LogP contribution in [0.2, 0.25) is 0 Å². The standard InChI is InChI=1S/C22H28N8O2S/c1-15(31)24-17-4-3-16(13-23-17)20-26-21-19(22(27-20)30-9-11-32-12-10-30)33-18(25-21)14-29-7-5-28(2)6-8-29/h3-4,13H,5-12,14H2,1-2H3,(H,23,24,31). The number of hydrogen-bond acceptors (Lipinski definition) is 10. The minimum atomic E-state index is -0.155. The largest absolute Gasteiger partial charge is 0.378 e. The summed E-state index contributed by atoms with van der Waals surface area (Å²) in [5.41, 5.74) is 1.51. The molecular weight excluding hydrogens is 440 g/mol. The molecule has 0 aromatic carbocycles. The van der Waals surface area contributed by atoms with Gasteiger partial charge in [0.1, 0.15) is 15.5 Å². The van der Waals surface area contributed by atoms with Gasteiger partial charge in [-0.2, -0.15) is 0 Å². The Morgan fingerprint density at radius 2 is 1.88 bits per heavy atom. The van der Waals surface area contributed by atoms with Crippen LogP contribution in [0.25, 0.3) is 21.7 Å². The maximum Gasteiger partial charge on any atom is 0.222 e. The Morgan fingerprint density at radius 1 is 1.09 bits per heavy atom. The molecule has 0 bridgehead atoms. The highest BCUT2D eigenvalue weighted by molar-refractivity contribution is 7.19. The van der Waals surface area contributed by atoms with Gasteiger partial charge in [-0.1, -0.05) is 0 Å². The Kier molecular flexibility index (Phi) is 6.45. The maximum atomic E-state index is 11.3. The van der Waals surface area contributed by atoms with Crippen molar-refractivity contribution in [1.82, 2.24) is 29.7 Å². The Bertz CT molecular complexity index is 1120. The molecule has 3 aromatic rings. The van der Waals surface area contributed by atoms with Crippen LogP contribution in [0, 0.1) is 0 Å². The summed E-state index contributed by atoms with van der Waals surface area (Å²) in [4.78, 5) is 37.3. The van der Waals surface area contributed by atoms with Crippen molar-refractivity contribution in [3.8, 4) is 11.4 Å². The van der Waals surface area contributed by atoms with Crippen LogP contribution in [0.5, 0.6) is 0 Å². The molecule has 3 aromatic heterocycles. The predicted molar refractivity (Wildman–Crippen MR) is 129 cm³/mol. The topological polar surface area (TPSA) is 99.6 Å². The number of aromatic nitrogens is 4. The first-order valence-electron chi connectivity index (χ1n) is 11.2. The van der Waals surface area contributed by atoms with Gasteiger partial charge in [-0.15, -0.1) is 11.3 Å². The van der Waals surface area contributed by atoms with Crippen LogP contribution in [-0.4, -0.2) is 95.2 Å². The van der Waals surface area contributed by atoms with Crippen LogP contribution >= 0.6 is 11.3 Å². The first-order valence-corrected chi connectivity index (χ1v) is 12.0. The summed E-state index contributed by atoms with van der Waals surface area (Å²) < 4.78 is 6.58. The highest BCUT2D eigenvalue weighted by Crippen LogP contribution is 2.33. The average molecular weight is 469 g/mol. The molecule has 0 unspecified atom stereocenters. The number of nitrogens with zero attached hydrogens (tertiary/aromatic N) is 7. The average Bonchev–Trinajstić information content (AvgIpc) is 3.23. The Balaban J connectivity index is 1.48. The van der Waals surface area contributed by atoms with Gasteiger partial charge in [0.15, 0.2) is 17.3 Å². The number of ether oxygens (including phenoxy) is 1. The third kappa shape index (κ3) is 5.11. The number of amides is 1. The van der Waals surface area contributed by atoms with Gasteiger partial charge in [0.05, 0.1) is 19.8 Å². The zero-order chi connectivity index (χ0) is 22.8. The molecule has 0 atom stereocenters. The van der Waals surface area contributed by atoms with E-state index in [1.54, 1.807) is 23.6 Å². The summed E-state index contributed by atoms with van der Waals surface area (Å²) in [5.74, 6) is 1.84. The molecule has 5 heterocycles. The van der Waals surface area contributed by atoms with Crippen LogP contribution in [-0.2, 0) is 16.1 Å². The lowest BCUT2D eigenvalue weighted by Gasteiger charge is -2.31. The number of pyridine rings is 1. The minimum absolute atomic E-state index is 0.155. The predicted octanol–water partition coefficient (Wildman–Crippen LogP) is 1.69. The van der Waals surface area contributed by atoms with E-state index >= 15 is 0 Å². The van der Waals surface area contributed by atoms with Crippen molar-refractivity contribution >= 4 is 39.2 Å². The second-order valence-electron chi connectivity index (χ2n) is 8.42. The van der Waals surface area contributed by atoms with Gasteiger partial charge >= 0.3 is 0 Å². The number of rotatable bonds is 5. The number of fused-ring (bicyclic) bond motifs is 1. The molecule has 33 heavy (non-hydrogen) atoms. The zero-order valence-electron chi connectivity index (χ0n) is 19.0. The van der Waals surface area contributed by atoms with Crippen molar-refractivity contribution in [1.29, 1.82) is 0 Å². The fourth-order valence-electron chi connectivity index (χ4n) is 4.02. The summed E-state index contributed by atoms with van der Waals surface area (Å²) in [7, 11) is 2.17. The molecule has 2 aliphatic heterocycles. The Labute approximate surface area is 196 Å². The Morgan fingerprint density at radius 3 is 2.58 bits per heavy atom. The molecule has 0 radical (unpaired) electrons. The van der Waals surface area contributed by atoms with Crippen molar-refractivity contribution in [2.45, 2.75) is 13.5 Å². The molecule has 2 aliphatic rings. The quantitative estimate of drug-likeness (QED) is 0.600. The molecule has 0 aliphatic carbocycles. The zero-order valence-corrected chi connectivity index (χ0v) is 19.8. The van der Waals surface area contributed by atoms with Crippen LogP contribution in [0.4, 0.5) is 11.6 Å². The lowest BCUT2D eigenvalue weighted by molar-refractivity contribution is -0.114. The molecule has 10 nitrogen and oxygen atoms in total. The number of carbonyl (C=O) groups excluding carboxylic acids is 1. The van der Waals surface area contributed by atoms with E-state index in [2.05, 4.69) is 32.0 Å². The molecule has 1 N–H and O–H groups in total. The number of morpholine rings is 1. The molecule has 11 heteroatoms. The third-order valence-electron chi connectivity index (χ3n) is 5.87. The molecule has 0 spiro atoms. The van der Waals surface area contributed by atoms with Crippen molar-refractivity contribution in [3.05, 3.63) is 23.3 Å². The smallest absolute Gasteiger partial charge is 0.222 e. The highest BCUT2D eigenvalue weighted by atomic mass is 32.1. The van der Waals surface area contributed by atoms with Crippen molar-refractivity contribution in [3.63, 3.8) is 0 Å². The van der Waals surface area contributed by atoms with E-state index in [1.807, 2.05) is 6.07 Å². The van der Waals surface area contributed by atoms with Gasteiger partial charge in [-0.25, -0.2) is 19.9 Å². The van der Waals surface area contributed by atoms with Gasteiger partial charge in [0.25, 0.3) is 0 Å². The summed E-state index contributed by atoms with van der Waals surface area (Å²) in [5, 5.41) is 3.75. The number of likely N-dealkylation sites (N-methyl/N-ethyl adjacent to an activating group) is 1. The summed E-state index contributed by atoms with van der Waals surface area (Å²) in [6.45, 7) is 9.49. The number of anilines is 2. The van der Waals surface area contributed by atoms with Gasteiger partial charge in [-0.3, -0.25) is 9.69 Å². The highest BCUT2D eigenvalue weighted by Gasteiger charge is 2.22. The van der Waals surface area contributed by atoms with Crippen molar-refractivity contribution in [2.24, 2.45) is 0 Å². The molecule has 2 saturated heterocycles. The lowest BCUT2D eigenvalue weighted by atomic mass is 10.2. The van der Waals surface area contributed by atoms with Gasteiger partial charge in [0.2, 0.25) is 5.91 Å². The second-order valence-corrected chi connectivity index (χ2v) is 9.51. The van der Waals surface area contributed by atoms with Crippen molar-refractivity contribution < 1.29 is 9.53 Å². The van der Waals surface area contributed by atoms with E-state index in [4.69, 9.17) is 19.7 Å². The third-order valence-corrected chi connectivity index (χ3v) is 6.90. The fraction of sp³-hybridized carbons (Fsp3) is 0.500. The number of nitrogens with one attached hydrogen (secondary N) is 1. The fourth-order valence-corrected chi connectivity index (χ4v) is 5.08. The molecule has 0 saturated carbocycles. The van der Waals surface area contributed by atoms with Crippen LogP contribution in [0.1, 0.15) is 11.9 Å². The van der Waals surface area contributed by atoms with Crippen LogP contribution in [0.15, 0.2) is 18.3 Å². The number of piperazine rings is 1. The van der Waals surface area contributed by atoms with E-state index in [0.717, 1.165) is 72.5 Å². The monoisotopic (exact) mass is 468 g/mol. The Hall–Kier alpha value is -2.73. The minimum Gasteiger partial charge on any atom is -0.378 e.